The molecule has 0 saturated carbocycles. The molecule has 1 N–H and O–H groups in total. The smallest absolute Gasteiger partial charge is 0.262 e. The van der Waals surface area contributed by atoms with E-state index in [2.05, 4.69) is 4.72 Å². The van der Waals surface area contributed by atoms with Crippen LogP contribution in [-0.2, 0) is 16.4 Å². The van der Waals surface area contributed by atoms with E-state index in [-0.39, 0.29) is 4.90 Å². The molecule has 2 aromatic carbocycles. The van der Waals surface area contributed by atoms with E-state index < -0.39 is 15.8 Å². The molecule has 0 unspecified atom stereocenters. The molecule has 0 spiro atoms. The fourth-order valence-electron chi connectivity index (χ4n) is 2.55. The molecule has 1 aliphatic heterocycles. The Balaban J connectivity index is 1.91. The fraction of sp³-hybridized carbons (Fsp3) is 0.250. The molecule has 0 amide bonds. The maximum Gasteiger partial charge on any atom is 0.262 e. The Kier molecular flexibility index (Phi) is 3.78. The lowest BCUT2D eigenvalue weighted by molar-refractivity contribution is 0.288. The monoisotopic (exact) mass is 321 g/mol. The van der Waals surface area contributed by atoms with E-state index in [0.29, 0.717) is 17.9 Å². The quantitative estimate of drug-likeness (QED) is 0.944. The Labute approximate surface area is 129 Å². The first-order valence-electron chi connectivity index (χ1n) is 7.00. The van der Waals surface area contributed by atoms with Gasteiger partial charge in [0.05, 0.1) is 11.5 Å². The number of fused-ring (bicyclic) bond motifs is 1. The fourth-order valence-corrected chi connectivity index (χ4v) is 3.83. The van der Waals surface area contributed by atoms with Gasteiger partial charge in [0.1, 0.15) is 11.6 Å². The maximum absolute atomic E-state index is 13.1. The Morgan fingerprint density at radius 2 is 2.00 bits per heavy atom. The molecule has 116 valence electrons. The standard InChI is InChI=1S/C16H16FNO3S/c1-11-9-13(17)4-7-16(11)22(19,20)18-14-5-6-15-12(10-14)3-2-8-21-15/h4-7,9-10,18H,2-3,8H2,1H3. The van der Waals surface area contributed by atoms with E-state index in [4.69, 9.17) is 4.74 Å². The van der Waals surface area contributed by atoms with Gasteiger partial charge in [-0.05, 0) is 67.3 Å². The molecule has 0 aliphatic carbocycles. The zero-order valence-electron chi connectivity index (χ0n) is 12.1. The third-order valence-electron chi connectivity index (χ3n) is 3.59. The van der Waals surface area contributed by atoms with E-state index in [0.717, 1.165) is 30.2 Å². The normalized spacial score (nSPS) is 14.1. The Bertz CT molecular complexity index is 818. The number of nitrogens with one attached hydrogen (secondary N) is 1. The average molecular weight is 321 g/mol. The van der Waals surface area contributed by atoms with Gasteiger partial charge in [0.25, 0.3) is 10.0 Å². The van der Waals surface area contributed by atoms with Crippen molar-refractivity contribution in [1.29, 1.82) is 0 Å². The lowest BCUT2D eigenvalue weighted by Crippen LogP contribution is -2.15. The van der Waals surface area contributed by atoms with Crippen LogP contribution in [0.25, 0.3) is 0 Å². The summed E-state index contributed by atoms with van der Waals surface area (Å²) in [4.78, 5) is 0.0721. The average Bonchev–Trinajstić information content (AvgIpc) is 2.46. The second-order valence-electron chi connectivity index (χ2n) is 5.29. The summed E-state index contributed by atoms with van der Waals surface area (Å²) in [7, 11) is -3.74. The number of sulfonamides is 1. The third kappa shape index (κ3) is 2.92. The van der Waals surface area contributed by atoms with E-state index >= 15 is 0 Å². The number of anilines is 1. The molecule has 4 nitrogen and oxygen atoms in total. The highest BCUT2D eigenvalue weighted by Gasteiger charge is 2.18. The van der Waals surface area contributed by atoms with Gasteiger partial charge in [0, 0.05) is 5.69 Å². The summed E-state index contributed by atoms with van der Waals surface area (Å²) in [6.45, 7) is 2.26. The largest absolute Gasteiger partial charge is 0.493 e. The van der Waals surface area contributed by atoms with Gasteiger partial charge in [-0.1, -0.05) is 0 Å². The summed E-state index contributed by atoms with van der Waals surface area (Å²) >= 11 is 0. The van der Waals surface area contributed by atoms with E-state index in [9.17, 15) is 12.8 Å². The summed E-state index contributed by atoms with van der Waals surface area (Å²) in [6.07, 6.45) is 1.78. The number of halogens is 1. The molecular formula is C16H16FNO3S. The van der Waals surface area contributed by atoms with Crippen molar-refractivity contribution in [3.63, 3.8) is 0 Å². The molecule has 22 heavy (non-hydrogen) atoms. The summed E-state index contributed by atoms with van der Waals surface area (Å²) in [6, 6.07) is 8.83. The number of hydrogen-bond donors (Lipinski definition) is 1. The van der Waals surface area contributed by atoms with Crippen molar-refractivity contribution in [2.24, 2.45) is 0 Å². The molecule has 0 bridgehead atoms. The van der Waals surface area contributed by atoms with Crippen LogP contribution in [0.5, 0.6) is 5.75 Å². The van der Waals surface area contributed by atoms with Gasteiger partial charge in [-0.2, -0.15) is 0 Å². The molecule has 0 atom stereocenters. The predicted octanol–water partition coefficient (Wildman–Crippen LogP) is 3.26. The minimum atomic E-state index is -3.74. The van der Waals surface area contributed by atoms with Gasteiger partial charge in [-0.3, -0.25) is 4.72 Å². The van der Waals surface area contributed by atoms with Crippen LogP contribution in [0.15, 0.2) is 41.3 Å². The number of benzene rings is 2. The number of rotatable bonds is 3. The summed E-state index contributed by atoms with van der Waals surface area (Å²) < 4.78 is 46.0. The lowest BCUT2D eigenvalue weighted by atomic mass is 10.1. The molecule has 2 aromatic rings. The van der Waals surface area contributed by atoms with Crippen molar-refractivity contribution in [2.45, 2.75) is 24.7 Å². The van der Waals surface area contributed by atoms with Crippen LogP contribution in [0.1, 0.15) is 17.5 Å². The van der Waals surface area contributed by atoms with Crippen LogP contribution < -0.4 is 9.46 Å². The van der Waals surface area contributed by atoms with Gasteiger partial charge in [-0.25, -0.2) is 12.8 Å². The van der Waals surface area contributed by atoms with Gasteiger partial charge in [0.15, 0.2) is 0 Å². The molecule has 1 aliphatic rings. The number of hydrogen-bond acceptors (Lipinski definition) is 3. The Morgan fingerprint density at radius 1 is 1.18 bits per heavy atom. The van der Waals surface area contributed by atoms with Crippen LogP contribution in [0.4, 0.5) is 10.1 Å². The van der Waals surface area contributed by atoms with Crippen molar-refractivity contribution in [3.05, 3.63) is 53.3 Å². The minimum absolute atomic E-state index is 0.0721. The second-order valence-corrected chi connectivity index (χ2v) is 6.94. The first-order valence-corrected chi connectivity index (χ1v) is 8.49. The van der Waals surface area contributed by atoms with Crippen LogP contribution in [0.2, 0.25) is 0 Å². The predicted molar refractivity (Wildman–Crippen MR) is 82.2 cm³/mol. The van der Waals surface area contributed by atoms with Crippen molar-refractivity contribution in [2.75, 3.05) is 11.3 Å². The first kappa shape index (κ1) is 14.8. The lowest BCUT2D eigenvalue weighted by Gasteiger charge is -2.18. The summed E-state index contributed by atoms with van der Waals surface area (Å²) in [5.74, 6) is 0.342. The van der Waals surface area contributed by atoms with Crippen LogP contribution in [0, 0.1) is 12.7 Å². The van der Waals surface area contributed by atoms with Crippen molar-refractivity contribution >= 4 is 15.7 Å². The molecule has 3 rings (SSSR count). The van der Waals surface area contributed by atoms with E-state index in [1.165, 1.54) is 12.1 Å². The number of ether oxygens (including phenoxy) is 1. The second kappa shape index (κ2) is 5.61. The highest BCUT2D eigenvalue weighted by molar-refractivity contribution is 7.92. The van der Waals surface area contributed by atoms with Crippen LogP contribution >= 0.6 is 0 Å². The van der Waals surface area contributed by atoms with Crippen molar-refractivity contribution in [3.8, 4) is 5.75 Å². The number of aryl methyl sites for hydroxylation is 2. The summed E-state index contributed by atoms with van der Waals surface area (Å²) in [5.41, 5.74) is 1.84. The SMILES string of the molecule is Cc1cc(F)ccc1S(=O)(=O)Nc1ccc2c(c1)CCCO2. The zero-order valence-corrected chi connectivity index (χ0v) is 12.9. The molecule has 0 saturated heterocycles. The van der Waals surface area contributed by atoms with Gasteiger partial charge < -0.3 is 4.74 Å². The van der Waals surface area contributed by atoms with Gasteiger partial charge >= 0.3 is 0 Å². The highest BCUT2D eigenvalue weighted by atomic mass is 32.2. The molecule has 0 radical (unpaired) electrons. The Morgan fingerprint density at radius 3 is 2.77 bits per heavy atom. The Hall–Kier alpha value is -2.08. The molecule has 0 fully saturated rings. The molecule has 0 aromatic heterocycles. The van der Waals surface area contributed by atoms with E-state index in [1.54, 1.807) is 25.1 Å². The van der Waals surface area contributed by atoms with Gasteiger partial charge in [0.2, 0.25) is 0 Å². The van der Waals surface area contributed by atoms with Crippen LogP contribution in [0.3, 0.4) is 0 Å². The first-order chi connectivity index (χ1) is 10.5. The molecule has 1 heterocycles. The topological polar surface area (TPSA) is 55.4 Å². The zero-order chi connectivity index (χ0) is 15.7. The highest BCUT2D eigenvalue weighted by Crippen LogP contribution is 2.29. The van der Waals surface area contributed by atoms with E-state index in [1.807, 2.05) is 0 Å². The minimum Gasteiger partial charge on any atom is -0.493 e. The van der Waals surface area contributed by atoms with Crippen LogP contribution in [-0.4, -0.2) is 15.0 Å². The third-order valence-corrected chi connectivity index (χ3v) is 5.13. The van der Waals surface area contributed by atoms with Gasteiger partial charge in [-0.15, -0.1) is 0 Å². The van der Waals surface area contributed by atoms with Crippen molar-refractivity contribution < 1.29 is 17.5 Å². The molecule has 6 heteroatoms. The maximum atomic E-state index is 13.1. The summed E-state index contributed by atoms with van der Waals surface area (Å²) in [5, 5.41) is 0. The molecular weight excluding hydrogens is 305 g/mol. The van der Waals surface area contributed by atoms with Crippen molar-refractivity contribution in [1.82, 2.24) is 0 Å².